The van der Waals surface area contributed by atoms with E-state index in [0.29, 0.717) is 17.5 Å². The second-order valence-electron chi connectivity index (χ2n) is 11.7. The minimum Gasteiger partial charge on any atom is -0.208 e. The lowest BCUT2D eigenvalue weighted by molar-refractivity contribution is 1.07. The molecule has 0 aliphatic rings. The molecule has 1 aromatic heterocycles. The molecule has 48 heavy (non-hydrogen) atoms. The lowest BCUT2D eigenvalue weighted by Crippen LogP contribution is -2.00. The molecule has 3 heteroatoms. The quantitative estimate of drug-likeness (QED) is 0.179. The molecule has 3 nitrogen and oxygen atoms in total. The second-order valence-corrected chi connectivity index (χ2v) is 11.7. The fraction of sp³-hybridized carbons (Fsp3) is 0. The van der Waals surface area contributed by atoms with Crippen LogP contribution in [0.2, 0.25) is 0 Å². The minimum absolute atomic E-state index is 0.630. The van der Waals surface area contributed by atoms with Crippen molar-refractivity contribution >= 4 is 0 Å². The lowest BCUT2D eigenvalue weighted by atomic mass is 9.89. The summed E-state index contributed by atoms with van der Waals surface area (Å²) in [5.41, 5.74) is 12.0. The molecule has 0 bridgehead atoms. The van der Waals surface area contributed by atoms with Gasteiger partial charge >= 0.3 is 0 Å². The third kappa shape index (κ3) is 6.05. The van der Waals surface area contributed by atoms with Gasteiger partial charge in [-0.2, -0.15) is 0 Å². The minimum atomic E-state index is 0.630. The van der Waals surface area contributed by atoms with E-state index in [1.165, 1.54) is 22.3 Å². The Hall–Kier alpha value is -6.45. The molecular formula is C45H31N3. The largest absolute Gasteiger partial charge is 0.208 e. The lowest BCUT2D eigenvalue weighted by Gasteiger charge is -2.15. The van der Waals surface area contributed by atoms with Gasteiger partial charge in [-0.25, -0.2) is 15.0 Å². The average molecular weight is 614 g/mol. The molecule has 0 spiro atoms. The van der Waals surface area contributed by atoms with Crippen LogP contribution in [0.1, 0.15) is 0 Å². The van der Waals surface area contributed by atoms with Crippen molar-refractivity contribution in [2.75, 3.05) is 0 Å². The molecule has 0 saturated carbocycles. The first-order valence-electron chi connectivity index (χ1n) is 16.1. The Morgan fingerprint density at radius 3 is 1.04 bits per heavy atom. The Bertz CT molecular complexity index is 2250. The predicted octanol–water partition coefficient (Wildman–Crippen LogP) is 11.5. The molecular weight excluding hydrogens is 583 g/mol. The van der Waals surface area contributed by atoms with E-state index in [9.17, 15) is 0 Å². The van der Waals surface area contributed by atoms with E-state index in [0.717, 1.165) is 38.9 Å². The Kier molecular flexibility index (Phi) is 7.92. The summed E-state index contributed by atoms with van der Waals surface area (Å²) < 4.78 is 0. The number of benzene rings is 7. The van der Waals surface area contributed by atoms with Gasteiger partial charge in [-0.15, -0.1) is 0 Å². The molecule has 0 aliphatic heterocycles. The molecule has 7 aromatic carbocycles. The molecule has 0 saturated heterocycles. The van der Waals surface area contributed by atoms with Crippen molar-refractivity contribution in [2.45, 2.75) is 0 Å². The molecule has 0 fully saturated rings. The van der Waals surface area contributed by atoms with Crippen LogP contribution >= 0.6 is 0 Å². The van der Waals surface area contributed by atoms with Gasteiger partial charge < -0.3 is 0 Å². The van der Waals surface area contributed by atoms with Crippen LogP contribution in [0.5, 0.6) is 0 Å². The highest BCUT2D eigenvalue weighted by molar-refractivity contribution is 5.89. The SMILES string of the molecule is c1ccc(-c2cc(-c3ccc(-c4ccccc4)c(-c4ccccc4)c3)cc(-c3nc(-c4ccccc4)nc(-c4ccccc4)n3)c2)cc1. The van der Waals surface area contributed by atoms with Gasteiger partial charge in [-0.05, 0) is 68.8 Å². The highest BCUT2D eigenvalue weighted by Crippen LogP contribution is 2.38. The normalized spacial score (nSPS) is 10.9. The molecule has 8 rings (SSSR count). The summed E-state index contributed by atoms with van der Waals surface area (Å²) in [6, 6.07) is 65.4. The van der Waals surface area contributed by atoms with Gasteiger partial charge in [0.05, 0.1) is 0 Å². The van der Waals surface area contributed by atoms with Crippen LogP contribution in [0, 0.1) is 0 Å². The van der Waals surface area contributed by atoms with E-state index in [-0.39, 0.29) is 0 Å². The van der Waals surface area contributed by atoms with E-state index in [1.807, 2.05) is 66.7 Å². The van der Waals surface area contributed by atoms with Crippen molar-refractivity contribution in [1.82, 2.24) is 15.0 Å². The van der Waals surface area contributed by atoms with Crippen molar-refractivity contribution in [3.8, 4) is 78.7 Å². The zero-order valence-corrected chi connectivity index (χ0v) is 26.2. The molecule has 8 aromatic rings. The fourth-order valence-electron chi connectivity index (χ4n) is 6.11. The highest BCUT2D eigenvalue weighted by Gasteiger charge is 2.16. The second kappa shape index (κ2) is 13.1. The van der Waals surface area contributed by atoms with E-state index in [2.05, 4.69) is 121 Å². The van der Waals surface area contributed by atoms with Crippen LogP contribution in [0.25, 0.3) is 78.7 Å². The molecule has 0 radical (unpaired) electrons. The topological polar surface area (TPSA) is 38.7 Å². The summed E-state index contributed by atoms with van der Waals surface area (Å²) in [5.74, 6) is 1.92. The van der Waals surface area contributed by atoms with Crippen LogP contribution in [-0.2, 0) is 0 Å². The summed E-state index contributed by atoms with van der Waals surface area (Å²) in [4.78, 5) is 15.1. The smallest absolute Gasteiger partial charge is 0.164 e. The predicted molar refractivity (Wildman–Crippen MR) is 198 cm³/mol. The Labute approximate surface area is 280 Å². The standard InChI is InChI=1S/C45H31N3/c1-6-16-32(17-7-1)38-28-39(37-26-27-41(33-18-8-2-9-19-33)42(31-37)34-20-10-3-11-21-34)30-40(29-38)45-47-43(35-22-12-4-13-23-35)46-44(48-45)36-24-14-5-15-25-36/h1-31H. The number of rotatable bonds is 7. The van der Waals surface area contributed by atoms with E-state index < -0.39 is 0 Å². The Balaban J connectivity index is 1.34. The molecule has 226 valence electrons. The van der Waals surface area contributed by atoms with E-state index >= 15 is 0 Å². The van der Waals surface area contributed by atoms with Crippen molar-refractivity contribution in [1.29, 1.82) is 0 Å². The third-order valence-corrected chi connectivity index (χ3v) is 8.52. The molecule has 0 atom stereocenters. The summed E-state index contributed by atoms with van der Waals surface area (Å²) in [6.45, 7) is 0. The number of hydrogen-bond donors (Lipinski definition) is 0. The summed E-state index contributed by atoms with van der Waals surface area (Å²) in [6.07, 6.45) is 0. The van der Waals surface area contributed by atoms with Crippen LogP contribution < -0.4 is 0 Å². The monoisotopic (exact) mass is 613 g/mol. The molecule has 0 N–H and O–H groups in total. The number of aromatic nitrogens is 3. The maximum atomic E-state index is 5.07. The Morgan fingerprint density at radius 1 is 0.208 bits per heavy atom. The van der Waals surface area contributed by atoms with Gasteiger partial charge in [-0.1, -0.05) is 164 Å². The fourth-order valence-corrected chi connectivity index (χ4v) is 6.11. The number of nitrogens with zero attached hydrogens (tertiary/aromatic N) is 3. The molecule has 0 unspecified atom stereocenters. The van der Waals surface area contributed by atoms with Crippen LogP contribution in [0.3, 0.4) is 0 Å². The van der Waals surface area contributed by atoms with Crippen molar-refractivity contribution in [2.24, 2.45) is 0 Å². The summed E-state index contributed by atoms with van der Waals surface area (Å²) in [7, 11) is 0. The van der Waals surface area contributed by atoms with Crippen LogP contribution in [-0.4, -0.2) is 15.0 Å². The first kappa shape index (κ1) is 29.0. The van der Waals surface area contributed by atoms with Gasteiger partial charge in [-0.3, -0.25) is 0 Å². The van der Waals surface area contributed by atoms with Gasteiger partial charge in [0.1, 0.15) is 0 Å². The Morgan fingerprint density at radius 2 is 0.562 bits per heavy atom. The maximum absolute atomic E-state index is 5.07. The molecule has 0 amide bonds. The first-order chi connectivity index (χ1) is 23.8. The average Bonchev–Trinajstić information content (AvgIpc) is 3.19. The highest BCUT2D eigenvalue weighted by atomic mass is 15.0. The van der Waals surface area contributed by atoms with Gasteiger partial charge in [0.15, 0.2) is 17.5 Å². The zero-order chi connectivity index (χ0) is 32.1. The molecule has 1 heterocycles. The third-order valence-electron chi connectivity index (χ3n) is 8.52. The van der Waals surface area contributed by atoms with Crippen molar-refractivity contribution < 1.29 is 0 Å². The van der Waals surface area contributed by atoms with E-state index in [1.54, 1.807) is 0 Å². The van der Waals surface area contributed by atoms with Gasteiger partial charge in [0, 0.05) is 16.7 Å². The number of hydrogen-bond acceptors (Lipinski definition) is 3. The van der Waals surface area contributed by atoms with E-state index in [4.69, 9.17) is 15.0 Å². The van der Waals surface area contributed by atoms with Crippen molar-refractivity contribution in [3.63, 3.8) is 0 Å². The first-order valence-corrected chi connectivity index (χ1v) is 16.1. The van der Waals surface area contributed by atoms with Crippen LogP contribution in [0.4, 0.5) is 0 Å². The molecule has 0 aliphatic carbocycles. The van der Waals surface area contributed by atoms with Gasteiger partial charge in [0.25, 0.3) is 0 Å². The summed E-state index contributed by atoms with van der Waals surface area (Å²) >= 11 is 0. The van der Waals surface area contributed by atoms with Crippen LogP contribution in [0.15, 0.2) is 188 Å². The van der Waals surface area contributed by atoms with Crippen molar-refractivity contribution in [3.05, 3.63) is 188 Å². The zero-order valence-electron chi connectivity index (χ0n) is 26.2. The maximum Gasteiger partial charge on any atom is 0.164 e. The summed E-state index contributed by atoms with van der Waals surface area (Å²) in [5, 5.41) is 0. The van der Waals surface area contributed by atoms with Gasteiger partial charge in [0.2, 0.25) is 0 Å².